The number of nitrogens with zero attached hydrogens (tertiary/aromatic N) is 1. The highest BCUT2D eigenvalue weighted by Gasteiger charge is 2.77. The molecule has 3 saturated heterocycles. The number of fused-ring (bicyclic) bond motifs is 1. The van der Waals surface area contributed by atoms with Crippen molar-refractivity contribution in [1.29, 1.82) is 0 Å². The van der Waals surface area contributed by atoms with Gasteiger partial charge in [0.1, 0.15) is 17.4 Å². The number of rotatable bonds is 8. The molecule has 3 aliphatic rings. The van der Waals surface area contributed by atoms with Crippen molar-refractivity contribution in [2.45, 2.75) is 82.1 Å². The van der Waals surface area contributed by atoms with Crippen molar-refractivity contribution in [3.63, 3.8) is 0 Å². The minimum absolute atomic E-state index is 0.109. The Morgan fingerprint density at radius 1 is 1.24 bits per heavy atom. The summed E-state index contributed by atoms with van der Waals surface area (Å²) in [6, 6.07) is 5.50. The van der Waals surface area contributed by atoms with Gasteiger partial charge >= 0.3 is 0 Å². The fraction of sp³-hybridized carbons (Fsp3) is 0.667. The Morgan fingerprint density at radius 3 is 2.43 bits per heavy atom. The molecule has 3 unspecified atom stereocenters. The van der Waals surface area contributed by atoms with Gasteiger partial charge in [-0.3, -0.25) is 14.4 Å². The topological polar surface area (TPSA) is 117 Å². The van der Waals surface area contributed by atoms with Crippen molar-refractivity contribution in [2.24, 2.45) is 17.8 Å². The summed E-state index contributed by atoms with van der Waals surface area (Å²) < 4.78 is 12.0. The second-order valence-corrected chi connectivity index (χ2v) is 12.8. The van der Waals surface area contributed by atoms with Crippen molar-refractivity contribution in [3.8, 4) is 5.75 Å². The van der Waals surface area contributed by atoms with Crippen LogP contribution in [0.15, 0.2) is 24.3 Å². The monoisotopic (exact) mass is 579 g/mol. The number of likely N-dealkylation sites (tertiary alicyclic amines) is 1. The summed E-state index contributed by atoms with van der Waals surface area (Å²) in [6.07, 6.45) is -0.147. The van der Waals surface area contributed by atoms with E-state index in [4.69, 9.17) is 9.47 Å². The van der Waals surface area contributed by atoms with Gasteiger partial charge in [-0.05, 0) is 64.3 Å². The molecule has 9 nitrogen and oxygen atoms in total. The molecular formula is C27H38BrN3O6. The number of hydrogen-bond donors (Lipinski definition) is 3. The Labute approximate surface area is 226 Å². The van der Waals surface area contributed by atoms with Crippen LogP contribution in [0.2, 0.25) is 0 Å². The average Bonchev–Trinajstić information content (AvgIpc) is 3.38. The standard InChI is InChI=1S/C27H38BrN3O6/c1-7-36-16-10-8-15(9-11-16)29-23(33)19-20-25(35)31(18(13-32)14(2)3)22(24(34)30-26(4,5)6)27(20)12-17(28)21(19)37-27/h8-11,14,17-22,32H,7,12-13H2,1-6H3,(H,29,33)(H,30,34)/t17?,18-,19+,20-,21+,22?,27?/m0/s1. The maximum absolute atomic E-state index is 14.1. The predicted molar refractivity (Wildman–Crippen MR) is 142 cm³/mol. The van der Waals surface area contributed by atoms with Gasteiger partial charge in [-0.1, -0.05) is 29.8 Å². The number of carbonyl (C=O) groups excluding carboxylic acids is 3. The molecule has 3 heterocycles. The first-order valence-corrected chi connectivity index (χ1v) is 13.9. The van der Waals surface area contributed by atoms with E-state index in [2.05, 4.69) is 26.6 Å². The third-order valence-electron chi connectivity index (χ3n) is 7.52. The van der Waals surface area contributed by atoms with Crippen molar-refractivity contribution < 1.29 is 29.0 Å². The maximum Gasteiger partial charge on any atom is 0.246 e. The quantitative estimate of drug-likeness (QED) is 0.408. The van der Waals surface area contributed by atoms with E-state index in [0.29, 0.717) is 24.5 Å². The van der Waals surface area contributed by atoms with Gasteiger partial charge in [0, 0.05) is 16.1 Å². The average molecular weight is 581 g/mol. The van der Waals surface area contributed by atoms with Gasteiger partial charge in [-0.15, -0.1) is 0 Å². The molecule has 1 spiro atoms. The number of aliphatic hydroxyl groups excluding tert-OH is 1. The van der Waals surface area contributed by atoms with Crippen LogP contribution in [0.1, 0.15) is 48.0 Å². The molecule has 2 bridgehead atoms. The van der Waals surface area contributed by atoms with Gasteiger partial charge in [-0.25, -0.2) is 0 Å². The van der Waals surface area contributed by atoms with E-state index >= 15 is 0 Å². The molecule has 4 rings (SSSR count). The second kappa shape index (κ2) is 10.2. The zero-order chi connectivity index (χ0) is 27.3. The number of anilines is 1. The first-order valence-electron chi connectivity index (χ1n) is 12.9. The molecule has 1 aromatic rings. The number of carbonyl (C=O) groups is 3. The number of aliphatic hydroxyl groups is 1. The SMILES string of the molecule is CCOc1ccc(NC(=O)[C@H]2[C@@H]3OC4(CC3Br)C(C(=O)NC(C)(C)C)N([C@@H](CO)C(C)C)C(=O)[C@H]24)cc1. The van der Waals surface area contributed by atoms with Crippen molar-refractivity contribution in [2.75, 3.05) is 18.5 Å². The zero-order valence-electron chi connectivity index (χ0n) is 22.3. The molecule has 37 heavy (non-hydrogen) atoms. The summed E-state index contributed by atoms with van der Waals surface area (Å²) in [7, 11) is 0. The summed E-state index contributed by atoms with van der Waals surface area (Å²) >= 11 is 3.68. The maximum atomic E-state index is 14.1. The fourth-order valence-electron chi connectivity index (χ4n) is 6.11. The molecule has 3 N–H and O–H groups in total. The molecule has 7 atom stereocenters. The van der Waals surface area contributed by atoms with Gasteiger partial charge in [0.2, 0.25) is 17.7 Å². The predicted octanol–water partition coefficient (Wildman–Crippen LogP) is 2.70. The molecular weight excluding hydrogens is 542 g/mol. The summed E-state index contributed by atoms with van der Waals surface area (Å²) in [5.74, 6) is -2.04. The fourth-order valence-corrected chi connectivity index (χ4v) is 7.05. The molecule has 3 amide bonds. The zero-order valence-corrected chi connectivity index (χ0v) is 23.9. The summed E-state index contributed by atoms with van der Waals surface area (Å²) in [5, 5.41) is 16.2. The molecule has 0 radical (unpaired) electrons. The van der Waals surface area contributed by atoms with Crippen LogP contribution in [0, 0.1) is 17.8 Å². The minimum atomic E-state index is -1.17. The second-order valence-electron chi connectivity index (χ2n) is 11.6. The Balaban J connectivity index is 1.70. The number of alkyl halides is 1. The van der Waals surface area contributed by atoms with E-state index in [0.717, 1.165) is 0 Å². The van der Waals surface area contributed by atoms with Crippen molar-refractivity contribution in [1.82, 2.24) is 10.2 Å². The van der Waals surface area contributed by atoms with Crippen LogP contribution in [0.4, 0.5) is 5.69 Å². The highest BCUT2D eigenvalue weighted by molar-refractivity contribution is 9.09. The van der Waals surface area contributed by atoms with Crippen LogP contribution in [0.3, 0.4) is 0 Å². The Morgan fingerprint density at radius 2 is 1.89 bits per heavy atom. The number of halogens is 1. The molecule has 3 aliphatic heterocycles. The lowest BCUT2D eigenvalue weighted by atomic mass is 9.70. The van der Waals surface area contributed by atoms with E-state index < -0.39 is 41.2 Å². The van der Waals surface area contributed by atoms with E-state index in [9.17, 15) is 19.5 Å². The first kappa shape index (κ1) is 27.9. The van der Waals surface area contributed by atoms with Gasteiger partial charge in [0.15, 0.2) is 0 Å². The molecule has 0 saturated carbocycles. The Kier molecular flexibility index (Phi) is 7.67. The van der Waals surface area contributed by atoms with Gasteiger partial charge in [0.05, 0.1) is 37.2 Å². The summed E-state index contributed by atoms with van der Waals surface area (Å²) in [4.78, 5) is 42.8. The lowest BCUT2D eigenvalue weighted by molar-refractivity contribution is -0.146. The number of benzene rings is 1. The highest BCUT2D eigenvalue weighted by atomic mass is 79.9. The van der Waals surface area contributed by atoms with Gasteiger partial charge in [-0.2, -0.15) is 0 Å². The van der Waals surface area contributed by atoms with E-state index in [-0.39, 0.29) is 35.1 Å². The highest BCUT2D eigenvalue weighted by Crippen LogP contribution is 2.60. The molecule has 3 fully saturated rings. The summed E-state index contributed by atoms with van der Waals surface area (Å²) in [5.41, 5.74) is -1.13. The van der Waals surface area contributed by atoms with Gasteiger partial charge in [0.25, 0.3) is 0 Å². The lowest BCUT2D eigenvalue weighted by Crippen LogP contribution is -2.61. The molecule has 204 valence electrons. The van der Waals surface area contributed by atoms with Crippen LogP contribution in [0.25, 0.3) is 0 Å². The summed E-state index contributed by atoms with van der Waals surface area (Å²) in [6.45, 7) is 11.6. The van der Waals surface area contributed by atoms with E-state index in [1.54, 1.807) is 24.3 Å². The van der Waals surface area contributed by atoms with Crippen LogP contribution in [-0.4, -0.2) is 75.1 Å². The smallest absolute Gasteiger partial charge is 0.246 e. The largest absolute Gasteiger partial charge is 0.494 e. The third kappa shape index (κ3) is 4.88. The lowest BCUT2D eigenvalue weighted by Gasteiger charge is -2.39. The number of amides is 3. The van der Waals surface area contributed by atoms with Gasteiger partial charge < -0.3 is 30.1 Å². The Bertz CT molecular complexity index is 1040. The van der Waals surface area contributed by atoms with Crippen LogP contribution < -0.4 is 15.4 Å². The Hall–Kier alpha value is -2.17. The van der Waals surface area contributed by atoms with Crippen LogP contribution in [0.5, 0.6) is 5.75 Å². The van der Waals surface area contributed by atoms with Crippen LogP contribution >= 0.6 is 15.9 Å². The third-order valence-corrected chi connectivity index (χ3v) is 8.37. The number of hydrogen-bond acceptors (Lipinski definition) is 6. The minimum Gasteiger partial charge on any atom is -0.494 e. The molecule has 1 aromatic carbocycles. The number of nitrogens with one attached hydrogen (secondary N) is 2. The normalized spacial score (nSPS) is 31.4. The first-order chi connectivity index (χ1) is 17.3. The number of ether oxygens (including phenoxy) is 2. The molecule has 10 heteroatoms. The van der Waals surface area contributed by atoms with E-state index in [1.165, 1.54) is 4.90 Å². The van der Waals surface area contributed by atoms with Crippen molar-refractivity contribution in [3.05, 3.63) is 24.3 Å². The molecule has 0 aromatic heterocycles. The van der Waals surface area contributed by atoms with E-state index in [1.807, 2.05) is 41.5 Å². The molecule has 0 aliphatic carbocycles. The van der Waals surface area contributed by atoms with Crippen LogP contribution in [-0.2, 0) is 19.1 Å². The van der Waals surface area contributed by atoms with Crippen molar-refractivity contribution >= 4 is 39.3 Å².